The number of piperidine rings is 1. The van der Waals surface area contributed by atoms with Gasteiger partial charge in [-0.1, -0.05) is 17.7 Å². The summed E-state index contributed by atoms with van der Waals surface area (Å²) in [6, 6.07) is 6.68. The van der Waals surface area contributed by atoms with Crippen LogP contribution in [0.3, 0.4) is 0 Å². The Morgan fingerprint density at radius 2 is 1.83 bits per heavy atom. The fraction of sp³-hybridized carbons (Fsp3) is 0.588. The number of likely N-dealkylation sites (tertiary alicyclic amines) is 1. The van der Waals surface area contributed by atoms with Crippen molar-refractivity contribution >= 4 is 15.9 Å². The molecule has 0 radical (unpaired) electrons. The highest BCUT2D eigenvalue weighted by molar-refractivity contribution is 7.89. The third-order valence-electron chi connectivity index (χ3n) is 4.66. The molecule has 1 amide bonds. The number of rotatable bonds is 4. The first kappa shape index (κ1) is 17.4. The molecular formula is C17H24N2O4S. The van der Waals surface area contributed by atoms with Gasteiger partial charge in [-0.15, -0.1) is 0 Å². The second-order valence-electron chi connectivity index (χ2n) is 6.54. The van der Waals surface area contributed by atoms with Crippen LogP contribution >= 0.6 is 0 Å². The largest absolute Gasteiger partial charge is 0.368 e. The van der Waals surface area contributed by atoms with E-state index in [0.29, 0.717) is 32.5 Å². The molecule has 2 aliphatic rings. The number of sulfonamides is 1. The number of benzene rings is 1. The zero-order valence-electron chi connectivity index (χ0n) is 13.9. The third kappa shape index (κ3) is 3.96. The maximum absolute atomic E-state index is 12.4. The average molecular weight is 352 g/mol. The van der Waals surface area contributed by atoms with Gasteiger partial charge in [0.1, 0.15) is 6.10 Å². The average Bonchev–Trinajstić information content (AvgIpc) is 3.09. The van der Waals surface area contributed by atoms with E-state index in [9.17, 15) is 13.2 Å². The molecule has 0 aliphatic carbocycles. The Balaban J connectivity index is 1.55. The van der Waals surface area contributed by atoms with E-state index in [1.165, 1.54) is 0 Å². The van der Waals surface area contributed by atoms with Gasteiger partial charge in [0.15, 0.2) is 0 Å². The van der Waals surface area contributed by atoms with Gasteiger partial charge in [-0.2, -0.15) is 0 Å². The Morgan fingerprint density at radius 1 is 1.17 bits per heavy atom. The summed E-state index contributed by atoms with van der Waals surface area (Å²) in [5.74, 6) is 0.0485. The van der Waals surface area contributed by atoms with Gasteiger partial charge in [0.2, 0.25) is 10.0 Å². The molecule has 2 fully saturated rings. The van der Waals surface area contributed by atoms with Crippen LogP contribution in [0.1, 0.15) is 31.2 Å². The molecule has 6 nitrogen and oxygen atoms in total. The molecule has 2 saturated heterocycles. The molecule has 2 heterocycles. The highest BCUT2D eigenvalue weighted by Crippen LogP contribution is 2.19. The summed E-state index contributed by atoms with van der Waals surface area (Å²) in [7, 11) is -3.51. The van der Waals surface area contributed by atoms with Gasteiger partial charge in [-0.3, -0.25) is 4.79 Å². The number of aryl methyl sites for hydroxylation is 1. The predicted molar refractivity (Wildman–Crippen MR) is 90.1 cm³/mol. The fourth-order valence-electron chi connectivity index (χ4n) is 3.20. The number of hydrogen-bond acceptors (Lipinski definition) is 4. The summed E-state index contributed by atoms with van der Waals surface area (Å²) in [6.07, 6.45) is 2.68. The van der Waals surface area contributed by atoms with Crippen LogP contribution in [0.15, 0.2) is 29.2 Å². The van der Waals surface area contributed by atoms with Crippen molar-refractivity contribution in [2.75, 3.05) is 19.7 Å². The monoisotopic (exact) mass is 352 g/mol. The van der Waals surface area contributed by atoms with Crippen molar-refractivity contribution < 1.29 is 17.9 Å². The molecule has 1 aromatic rings. The first-order chi connectivity index (χ1) is 11.5. The molecule has 0 saturated carbocycles. The minimum absolute atomic E-state index is 0.0485. The van der Waals surface area contributed by atoms with Gasteiger partial charge in [-0.25, -0.2) is 13.1 Å². The van der Waals surface area contributed by atoms with Crippen LogP contribution in [-0.2, 0) is 19.6 Å². The highest BCUT2D eigenvalue weighted by atomic mass is 32.2. The topological polar surface area (TPSA) is 75.7 Å². The number of carbonyl (C=O) groups is 1. The van der Waals surface area contributed by atoms with E-state index in [0.717, 1.165) is 18.4 Å². The lowest BCUT2D eigenvalue weighted by atomic mass is 10.1. The van der Waals surface area contributed by atoms with Gasteiger partial charge in [0.05, 0.1) is 4.90 Å². The highest BCUT2D eigenvalue weighted by Gasteiger charge is 2.32. The number of hydrogen-bond donors (Lipinski definition) is 1. The molecule has 132 valence electrons. The standard InChI is InChI=1S/C17H24N2O4S/c1-13-4-6-15(7-5-13)24(21,22)18-14-8-10-19(11-9-14)17(20)16-3-2-12-23-16/h4-7,14,16,18H,2-3,8-12H2,1H3/t16-/m0/s1. The Labute approximate surface area is 143 Å². The Kier molecular flexibility index (Phi) is 5.22. The van der Waals surface area contributed by atoms with E-state index >= 15 is 0 Å². The van der Waals surface area contributed by atoms with Gasteiger partial charge in [0, 0.05) is 25.7 Å². The van der Waals surface area contributed by atoms with Crippen molar-refractivity contribution in [1.29, 1.82) is 0 Å². The Hall–Kier alpha value is -1.44. The summed E-state index contributed by atoms with van der Waals surface area (Å²) in [5, 5.41) is 0. The summed E-state index contributed by atoms with van der Waals surface area (Å²) >= 11 is 0. The van der Waals surface area contributed by atoms with E-state index in [2.05, 4.69) is 4.72 Å². The van der Waals surface area contributed by atoms with Gasteiger partial charge >= 0.3 is 0 Å². The molecule has 3 rings (SSSR count). The van der Waals surface area contributed by atoms with E-state index in [4.69, 9.17) is 4.74 Å². The van der Waals surface area contributed by atoms with Crippen LogP contribution in [0.4, 0.5) is 0 Å². The van der Waals surface area contributed by atoms with Crippen LogP contribution in [0, 0.1) is 6.92 Å². The molecule has 1 atom stereocenters. The van der Waals surface area contributed by atoms with Crippen LogP contribution < -0.4 is 4.72 Å². The normalized spacial score (nSPS) is 22.7. The lowest BCUT2D eigenvalue weighted by Crippen LogP contribution is -2.49. The van der Waals surface area contributed by atoms with Crippen molar-refractivity contribution in [2.24, 2.45) is 0 Å². The summed E-state index contributed by atoms with van der Waals surface area (Å²) in [4.78, 5) is 14.4. The quantitative estimate of drug-likeness (QED) is 0.890. The molecule has 2 aliphatic heterocycles. The summed E-state index contributed by atoms with van der Waals surface area (Å²) in [6.45, 7) is 3.72. The smallest absolute Gasteiger partial charge is 0.251 e. The Morgan fingerprint density at radius 3 is 2.42 bits per heavy atom. The third-order valence-corrected chi connectivity index (χ3v) is 6.20. The minimum Gasteiger partial charge on any atom is -0.368 e. The number of amides is 1. The lowest BCUT2D eigenvalue weighted by Gasteiger charge is -2.33. The van der Waals surface area contributed by atoms with Crippen molar-refractivity contribution in [3.05, 3.63) is 29.8 Å². The van der Waals surface area contributed by atoms with Crippen LogP contribution in [0.2, 0.25) is 0 Å². The molecule has 7 heteroatoms. The fourth-order valence-corrected chi connectivity index (χ4v) is 4.50. The van der Waals surface area contributed by atoms with Crippen LogP contribution in [0.5, 0.6) is 0 Å². The maximum atomic E-state index is 12.4. The van der Waals surface area contributed by atoms with Gasteiger partial charge in [0.25, 0.3) is 5.91 Å². The number of carbonyl (C=O) groups excluding carboxylic acids is 1. The van der Waals surface area contributed by atoms with E-state index < -0.39 is 10.0 Å². The van der Waals surface area contributed by atoms with Crippen molar-refractivity contribution in [3.63, 3.8) is 0 Å². The van der Waals surface area contributed by atoms with Crippen LogP contribution in [-0.4, -0.2) is 51.1 Å². The molecule has 24 heavy (non-hydrogen) atoms. The second kappa shape index (κ2) is 7.21. The number of ether oxygens (including phenoxy) is 1. The van der Waals surface area contributed by atoms with Crippen LogP contribution in [0.25, 0.3) is 0 Å². The van der Waals surface area contributed by atoms with Crippen molar-refractivity contribution in [1.82, 2.24) is 9.62 Å². The van der Waals surface area contributed by atoms with Crippen molar-refractivity contribution in [3.8, 4) is 0 Å². The maximum Gasteiger partial charge on any atom is 0.251 e. The van der Waals surface area contributed by atoms with Crippen molar-refractivity contribution in [2.45, 2.75) is 49.6 Å². The van der Waals surface area contributed by atoms with Gasteiger partial charge in [-0.05, 0) is 44.7 Å². The molecule has 0 spiro atoms. The Bertz CT molecular complexity index is 673. The molecule has 0 unspecified atom stereocenters. The molecule has 1 aromatic carbocycles. The second-order valence-corrected chi connectivity index (χ2v) is 8.25. The minimum atomic E-state index is -3.51. The number of nitrogens with one attached hydrogen (secondary N) is 1. The SMILES string of the molecule is Cc1ccc(S(=O)(=O)NC2CCN(C(=O)[C@@H]3CCCO3)CC2)cc1. The predicted octanol–water partition coefficient (Wildman–Crippen LogP) is 1.44. The first-order valence-electron chi connectivity index (χ1n) is 8.45. The molecule has 1 N–H and O–H groups in total. The number of nitrogens with zero attached hydrogens (tertiary/aromatic N) is 1. The zero-order chi connectivity index (χ0) is 17.2. The molecule has 0 aromatic heterocycles. The first-order valence-corrected chi connectivity index (χ1v) is 9.93. The lowest BCUT2D eigenvalue weighted by molar-refractivity contribution is -0.142. The van der Waals surface area contributed by atoms with Gasteiger partial charge < -0.3 is 9.64 Å². The van der Waals surface area contributed by atoms with E-state index in [1.54, 1.807) is 29.2 Å². The summed E-state index contributed by atoms with van der Waals surface area (Å²) < 4.78 is 33.1. The van der Waals surface area contributed by atoms with E-state index in [-0.39, 0.29) is 22.9 Å². The summed E-state index contributed by atoms with van der Waals surface area (Å²) in [5.41, 5.74) is 1.02. The molecule has 0 bridgehead atoms. The zero-order valence-corrected chi connectivity index (χ0v) is 14.7. The van der Waals surface area contributed by atoms with E-state index in [1.807, 2.05) is 6.92 Å². The molecular weight excluding hydrogens is 328 g/mol.